The van der Waals surface area contributed by atoms with E-state index in [4.69, 9.17) is 33.4 Å². The van der Waals surface area contributed by atoms with Gasteiger partial charge in [0.15, 0.2) is 5.78 Å². The molecule has 0 atom stereocenters. The maximum atomic E-state index is 13.7. The van der Waals surface area contributed by atoms with E-state index in [-0.39, 0.29) is 82.9 Å². The van der Waals surface area contributed by atoms with E-state index in [2.05, 4.69) is 20.2 Å². The summed E-state index contributed by atoms with van der Waals surface area (Å²) in [6.07, 6.45) is -0.526. The maximum Gasteiger partial charge on any atom is 0.314 e. The molecule has 5 aromatic rings. The molecule has 368 valence electrons. The van der Waals surface area contributed by atoms with Crippen molar-refractivity contribution in [2.75, 3.05) is 65.9 Å². The average Bonchev–Trinajstić information content (AvgIpc) is 3.83. The second-order valence-corrected chi connectivity index (χ2v) is 20.7. The maximum absolute atomic E-state index is 13.7. The van der Waals surface area contributed by atoms with Crippen LogP contribution in [-0.4, -0.2) is 122 Å². The molecule has 2 saturated heterocycles. The predicted octanol–water partition coefficient (Wildman–Crippen LogP) is 7.42. The molecule has 0 spiro atoms. The minimum absolute atomic E-state index is 0.131. The summed E-state index contributed by atoms with van der Waals surface area (Å²) in [4.78, 5) is 23.9. The first-order valence-corrected chi connectivity index (χ1v) is 25.2. The third-order valence-electron chi connectivity index (χ3n) is 11.1. The van der Waals surface area contributed by atoms with Gasteiger partial charge >= 0.3 is 6.43 Å². The number of carbonyl (C=O) groups excluding carboxylic acids is 1. The van der Waals surface area contributed by atoms with Crippen molar-refractivity contribution < 1.29 is 52.4 Å². The number of sulfonamides is 2. The standard InChI is InChI=1S/C22H22ClF4N5O3S.C21H25ClF2N4O3S/c23-18-11-17(3-4-19(18)25)32(36(33,34)10-9-31-7-5-15(24)6-8-31)13-16-2-1-14(12-28-16)21-29-30-22(35-21)20(26)27;22-19-11-18(3-4-20(19)24)28(14-17-2-1-15(13-26-17)21(29)12-25)32(30,31)10-9-27-7-5-16(23)6-8-27/h1-4,11-12,15,20H,5-10,13H2;1-4,11,13,16H,5-10,12,14,25H2. The molecule has 7 rings (SSSR count). The number of anilines is 2. The number of carbonyl (C=O) groups is 1. The van der Waals surface area contributed by atoms with Gasteiger partial charge in [0.1, 0.15) is 24.0 Å². The van der Waals surface area contributed by atoms with Crippen molar-refractivity contribution in [3.05, 3.63) is 118 Å². The van der Waals surface area contributed by atoms with Crippen LogP contribution in [0.3, 0.4) is 0 Å². The summed E-state index contributed by atoms with van der Waals surface area (Å²) in [7, 11) is -7.79. The second kappa shape index (κ2) is 23.6. The topological polar surface area (TPSA) is 189 Å². The minimum Gasteiger partial charge on any atom is -0.415 e. The number of likely N-dealkylation sites (tertiary alicyclic amines) is 2. The Morgan fingerprint density at radius 2 is 1.19 bits per heavy atom. The van der Waals surface area contributed by atoms with Crippen molar-refractivity contribution >= 4 is 60.4 Å². The molecule has 68 heavy (non-hydrogen) atoms. The van der Waals surface area contributed by atoms with Crippen LogP contribution < -0.4 is 14.3 Å². The summed E-state index contributed by atoms with van der Waals surface area (Å²) in [5.74, 6) is -3.08. The molecule has 0 saturated carbocycles. The Bertz CT molecular complexity index is 2700. The van der Waals surface area contributed by atoms with Crippen LogP contribution in [0.15, 0.2) is 77.5 Å². The third-order valence-corrected chi connectivity index (χ3v) is 15.1. The van der Waals surface area contributed by atoms with Gasteiger partial charge in [0, 0.05) is 57.2 Å². The third kappa shape index (κ3) is 14.3. The number of hydrogen-bond acceptors (Lipinski definition) is 13. The van der Waals surface area contributed by atoms with Gasteiger partial charge in [-0.05, 0) is 86.3 Å². The fourth-order valence-electron chi connectivity index (χ4n) is 7.12. The quantitative estimate of drug-likeness (QED) is 0.0675. The molecule has 2 aliphatic rings. The molecule has 2 aromatic carbocycles. The number of hydrogen-bond donors (Lipinski definition) is 1. The lowest BCUT2D eigenvalue weighted by Gasteiger charge is -2.30. The number of nitrogens with two attached hydrogens (primary N) is 1. The zero-order chi connectivity index (χ0) is 49.2. The SMILES string of the molecule is NCC(=O)c1ccc(CN(c2ccc(F)c(Cl)c2)S(=O)(=O)CCN2CCC(F)CC2)nc1.O=S(=O)(CCN1CCC(F)CC1)N(Cc1ccc(-c2nnc(C(F)F)o2)cn1)c1ccc(F)c(Cl)c1. The number of rotatable bonds is 18. The molecule has 2 aliphatic heterocycles. The van der Waals surface area contributed by atoms with E-state index < -0.39 is 56.3 Å². The van der Waals surface area contributed by atoms with Crippen LogP contribution >= 0.6 is 23.2 Å². The first-order valence-electron chi connectivity index (χ1n) is 21.2. The Kier molecular flexibility index (Phi) is 18.2. The van der Waals surface area contributed by atoms with Crippen molar-refractivity contribution in [1.29, 1.82) is 0 Å². The summed E-state index contributed by atoms with van der Waals surface area (Å²) < 4.78 is 140. The molecule has 0 unspecified atom stereocenters. The van der Waals surface area contributed by atoms with E-state index in [0.29, 0.717) is 68.8 Å². The Labute approximate surface area is 399 Å². The number of pyridine rings is 2. The molecule has 0 radical (unpaired) electrons. The molecule has 0 bridgehead atoms. The van der Waals surface area contributed by atoms with E-state index >= 15 is 0 Å². The zero-order valence-corrected chi connectivity index (χ0v) is 39.4. The summed E-state index contributed by atoms with van der Waals surface area (Å²) in [6, 6.07) is 13.3. The predicted molar refractivity (Wildman–Crippen MR) is 244 cm³/mol. The van der Waals surface area contributed by atoms with E-state index in [9.17, 15) is 48.0 Å². The van der Waals surface area contributed by atoms with Crippen LogP contribution in [-0.2, 0) is 33.1 Å². The van der Waals surface area contributed by atoms with Crippen molar-refractivity contribution in [1.82, 2.24) is 30.0 Å². The number of nitrogens with zero attached hydrogens (tertiary/aromatic N) is 8. The van der Waals surface area contributed by atoms with Crippen molar-refractivity contribution in [3.8, 4) is 11.5 Å². The van der Waals surface area contributed by atoms with Crippen LogP contribution in [0.4, 0.5) is 37.7 Å². The van der Waals surface area contributed by atoms with Gasteiger partial charge in [0.2, 0.25) is 25.9 Å². The lowest BCUT2D eigenvalue weighted by atomic mass is 10.1. The van der Waals surface area contributed by atoms with Gasteiger partial charge in [0.05, 0.1) is 69.5 Å². The summed E-state index contributed by atoms with van der Waals surface area (Å²) in [6.45, 7) is 1.88. The van der Waals surface area contributed by atoms with E-state index in [0.717, 1.165) is 20.7 Å². The Balaban J connectivity index is 0.000000226. The molecular weight excluding hydrogens is 988 g/mol. The number of Topliss-reactive ketones (excluding diaryl/α,β-unsaturated/α-hetero) is 1. The van der Waals surface area contributed by atoms with Gasteiger partial charge in [0.25, 0.3) is 5.89 Å². The van der Waals surface area contributed by atoms with Crippen molar-refractivity contribution in [2.24, 2.45) is 5.73 Å². The fourth-order valence-corrected chi connectivity index (χ4v) is 10.4. The summed E-state index contributed by atoms with van der Waals surface area (Å²) >= 11 is 11.8. The van der Waals surface area contributed by atoms with E-state index in [1.807, 2.05) is 9.80 Å². The molecule has 3 aromatic heterocycles. The van der Waals surface area contributed by atoms with Crippen molar-refractivity contribution in [2.45, 2.75) is 57.5 Å². The highest BCUT2D eigenvalue weighted by atomic mass is 35.5. The Morgan fingerprint density at radius 3 is 1.57 bits per heavy atom. The normalized spacial score (nSPS) is 15.6. The van der Waals surface area contributed by atoms with Gasteiger partial charge in [-0.1, -0.05) is 23.2 Å². The summed E-state index contributed by atoms with van der Waals surface area (Å²) in [5.41, 5.74) is 7.00. The van der Waals surface area contributed by atoms with E-state index in [1.165, 1.54) is 54.9 Å². The van der Waals surface area contributed by atoms with Crippen LogP contribution in [0.2, 0.25) is 10.0 Å². The van der Waals surface area contributed by atoms with Gasteiger partial charge in [-0.25, -0.2) is 34.4 Å². The highest BCUT2D eigenvalue weighted by molar-refractivity contribution is 7.93. The highest BCUT2D eigenvalue weighted by Gasteiger charge is 2.29. The fraction of sp³-hybridized carbons (Fsp3) is 0.419. The molecule has 2 N–H and O–H groups in total. The molecule has 25 heteroatoms. The van der Waals surface area contributed by atoms with Gasteiger partial charge < -0.3 is 20.0 Å². The molecular formula is C43H47Cl2F6N9O6S2. The largest absolute Gasteiger partial charge is 0.415 e. The van der Waals surface area contributed by atoms with Gasteiger partial charge in [-0.15, -0.1) is 10.2 Å². The first-order chi connectivity index (χ1) is 32.3. The molecule has 5 heterocycles. The molecule has 2 fully saturated rings. The molecule has 0 aliphatic carbocycles. The van der Waals surface area contributed by atoms with Crippen molar-refractivity contribution in [3.63, 3.8) is 0 Å². The smallest absolute Gasteiger partial charge is 0.314 e. The first kappa shape index (κ1) is 52.5. The average molecular weight is 1030 g/mol. The van der Waals surface area contributed by atoms with Gasteiger partial charge in [-0.3, -0.25) is 23.4 Å². The number of alkyl halides is 4. The zero-order valence-electron chi connectivity index (χ0n) is 36.2. The monoisotopic (exact) mass is 1030 g/mol. The number of halogens is 8. The number of benzene rings is 2. The van der Waals surface area contributed by atoms with Crippen LogP contribution in [0.25, 0.3) is 11.5 Å². The Hall–Kier alpha value is -4.91. The number of aromatic nitrogens is 4. The lowest BCUT2D eigenvalue weighted by molar-refractivity contribution is 0.100. The number of piperidine rings is 2. The van der Waals surface area contributed by atoms with Gasteiger partial charge in [-0.2, -0.15) is 8.78 Å². The lowest BCUT2D eigenvalue weighted by Crippen LogP contribution is -2.41. The molecule has 15 nitrogen and oxygen atoms in total. The highest BCUT2D eigenvalue weighted by Crippen LogP contribution is 2.30. The summed E-state index contributed by atoms with van der Waals surface area (Å²) in [5, 5.41) is 6.37. The molecule has 0 amide bonds. The van der Waals surface area contributed by atoms with Crippen LogP contribution in [0, 0.1) is 11.6 Å². The second-order valence-electron chi connectivity index (χ2n) is 15.8. The van der Waals surface area contributed by atoms with Crippen LogP contribution in [0.5, 0.6) is 0 Å². The minimum atomic E-state index is -3.93. The van der Waals surface area contributed by atoms with E-state index in [1.54, 1.807) is 6.07 Å². The number of ketones is 1. The van der Waals surface area contributed by atoms with Crippen LogP contribution in [0.1, 0.15) is 59.7 Å². The Morgan fingerprint density at radius 1 is 0.721 bits per heavy atom.